The molecule has 1 heterocycles. The van der Waals surface area contributed by atoms with Gasteiger partial charge in [0.1, 0.15) is 0 Å². The van der Waals surface area contributed by atoms with E-state index in [1.807, 2.05) is 4.90 Å². The van der Waals surface area contributed by atoms with Crippen molar-refractivity contribution in [3.8, 4) is 0 Å². The zero-order chi connectivity index (χ0) is 9.76. The molecule has 0 radical (unpaired) electrons. The number of nitrogens with one attached hydrogen (secondary N) is 1. The van der Waals surface area contributed by atoms with Gasteiger partial charge in [-0.3, -0.25) is 10.1 Å². The SMILES string of the molecule is CC1NCC(=O)N1CC1(C2CC2)CC1. The number of carbonyl (C=O) groups is 1. The molecule has 2 saturated carbocycles. The zero-order valence-corrected chi connectivity index (χ0v) is 8.75. The van der Waals surface area contributed by atoms with E-state index >= 15 is 0 Å². The molecule has 0 aromatic rings. The maximum Gasteiger partial charge on any atom is 0.237 e. The van der Waals surface area contributed by atoms with E-state index < -0.39 is 0 Å². The minimum atomic E-state index is 0.263. The van der Waals surface area contributed by atoms with Gasteiger partial charge in [-0.2, -0.15) is 0 Å². The van der Waals surface area contributed by atoms with Gasteiger partial charge in [-0.1, -0.05) is 0 Å². The Labute approximate surface area is 84.8 Å². The van der Waals surface area contributed by atoms with Gasteiger partial charge >= 0.3 is 0 Å². The molecule has 3 aliphatic rings. The number of rotatable bonds is 3. The van der Waals surface area contributed by atoms with Gasteiger partial charge in [0, 0.05) is 6.54 Å². The van der Waals surface area contributed by atoms with E-state index in [0.717, 1.165) is 12.5 Å². The normalized spacial score (nSPS) is 35.1. The van der Waals surface area contributed by atoms with Crippen LogP contribution < -0.4 is 5.32 Å². The van der Waals surface area contributed by atoms with Gasteiger partial charge in [0.2, 0.25) is 5.91 Å². The molecule has 1 unspecified atom stereocenters. The van der Waals surface area contributed by atoms with Crippen molar-refractivity contribution in [1.29, 1.82) is 0 Å². The molecule has 3 fully saturated rings. The highest BCUT2D eigenvalue weighted by atomic mass is 16.2. The second kappa shape index (κ2) is 2.72. The summed E-state index contributed by atoms with van der Waals surface area (Å²) in [6.07, 6.45) is 5.79. The van der Waals surface area contributed by atoms with Crippen LogP contribution in [-0.4, -0.2) is 30.1 Å². The Morgan fingerprint density at radius 1 is 1.50 bits per heavy atom. The number of nitrogens with zero attached hydrogens (tertiary/aromatic N) is 1. The van der Waals surface area contributed by atoms with Crippen LogP contribution in [0.25, 0.3) is 0 Å². The summed E-state index contributed by atoms with van der Waals surface area (Å²) in [5.74, 6) is 1.24. The minimum absolute atomic E-state index is 0.263. The Morgan fingerprint density at radius 2 is 2.21 bits per heavy atom. The molecule has 3 rings (SSSR count). The average molecular weight is 194 g/mol. The van der Waals surface area contributed by atoms with Crippen LogP contribution in [0.2, 0.25) is 0 Å². The highest BCUT2D eigenvalue weighted by Crippen LogP contribution is 2.61. The molecule has 3 heteroatoms. The van der Waals surface area contributed by atoms with Gasteiger partial charge in [0.25, 0.3) is 0 Å². The van der Waals surface area contributed by atoms with E-state index in [0.29, 0.717) is 17.9 Å². The lowest BCUT2D eigenvalue weighted by atomic mass is 10.00. The highest BCUT2D eigenvalue weighted by molar-refractivity contribution is 5.80. The smallest absolute Gasteiger partial charge is 0.237 e. The molecule has 1 N–H and O–H groups in total. The van der Waals surface area contributed by atoms with Crippen molar-refractivity contribution >= 4 is 5.91 Å². The van der Waals surface area contributed by atoms with Gasteiger partial charge in [-0.05, 0) is 43.9 Å². The lowest BCUT2D eigenvalue weighted by Gasteiger charge is -2.26. The topological polar surface area (TPSA) is 32.3 Å². The lowest BCUT2D eigenvalue weighted by molar-refractivity contribution is -0.128. The molecule has 0 aromatic carbocycles. The average Bonchev–Trinajstić information content (AvgIpc) is 3.00. The summed E-state index contributed by atoms with van der Waals surface area (Å²) in [7, 11) is 0. The molecular weight excluding hydrogens is 176 g/mol. The van der Waals surface area contributed by atoms with Crippen molar-refractivity contribution < 1.29 is 4.79 Å². The van der Waals surface area contributed by atoms with Gasteiger partial charge < -0.3 is 4.90 Å². The molecule has 1 atom stereocenters. The van der Waals surface area contributed by atoms with Crippen LogP contribution >= 0.6 is 0 Å². The Hall–Kier alpha value is -0.570. The monoisotopic (exact) mass is 194 g/mol. The van der Waals surface area contributed by atoms with Crippen LogP contribution in [0.3, 0.4) is 0 Å². The van der Waals surface area contributed by atoms with E-state index in [4.69, 9.17) is 0 Å². The number of carbonyl (C=O) groups excluding carboxylic acids is 1. The number of amides is 1. The predicted molar refractivity (Wildman–Crippen MR) is 53.6 cm³/mol. The highest BCUT2D eigenvalue weighted by Gasteiger charge is 2.55. The molecule has 3 nitrogen and oxygen atoms in total. The predicted octanol–water partition coefficient (Wildman–Crippen LogP) is 0.954. The summed E-state index contributed by atoms with van der Waals surface area (Å²) in [6, 6.07) is 0. The summed E-state index contributed by atoms with van der Waals surface area (Å²) < 4.78 is 0. The Kier molecular flexibility index (Phi) is 1.69. The van der Waals surface area contributed by atoms with E-state index in [2.05, 4.69) is 12.2 Å². The van der Waals surface area contributed by atoms with Crippen LogP contribution in [0.15, 0.2) is 0 Å². The molecular formula is C11H18N2O. The van der Waals surface area contributed by atoms with Gasteiger partial charge in [0.15, 0.2) is 0 Å². The summed E-state index contributed by atoms with van der Waals surface area (Å²) in [5, 5.41) is 3.21. The maximum atomic E-state index is 11.6. The molecule has 1 amide bonds. The minimum Gasteiger partial charge on any atom is -0.326 e. The quantitative estimate of drug-likeness (QED) is 0.725. The van der Waals surface area contributed by atoms with E-state index in [1.165, 1.54) is 25.7 Å². The van der Waals surface area contributed by atoms with Crippen LogP contribution in [0, 0.1) is 11.3 Å². The van der Waals surface area contributed by atoms with E-state index in [1.54, 1.807) is 0 Å². The fourth-order valence-corrected chi connectivity index (χ4v) is 2.78. The molecule has 14 heavy (non-hydrogen) atoms. The molecule has 1 saturated heterocycles. The Morgan fingerprint density at radius 3 is 2.64 bits per heavy atom. The standard InChI is InChI=1S/C11H18N2O/c1-8-12-6-10(14)13(8)7-11(4-5-11)9-2-3-9/h8-9,12H,2-7H2,1H3. The summed E-state index contributed by atoms with van der Waals surface area (Å²) in [6.45, 7) is 3.65. The molecule has 1 aliphatic heterocycles. The van der Waals surface area contributed by atoms with Gasteiger partial charge in [-0.15, -0.1) is 0 Å². The third-order valence-electron chi connectivity index (χ3n) is 4.16. The summed E-state index contributed by atoms with van der Waals surface area (Å²) in [4.78, 5) is 13.6. The first-order valence-corrected chi connectivity index (χ1v) is 5.74. The molecule has 0 bridgehead atoms. The summed E-state index contributed by atoms with van der Waals surface area (Å²) in [5.41, 5.74) is 0.552. The van der Waals surface area contributed by atoms with Crippen LogP contribution in [0.5, 0.6) is 0 Å². The van der Waals surface area contributed by atoms with E-state index in [9.17, 15) is 4.79 Å². The van der Waals surface area contributed by atoms with Crippen molar-refractivity contribution in [2.24, 2.45) is 11.3 Å². The Bertz CT molecular complexity index is 268. The zero-order valence-electron chi connectivity index (χ0n) is 8.75. The fraction of sp³-hybridized carbons (Fsp3) is 0.909. The Balaban J connectivity index is 1.68. The second-order valence-corrected chi connectivity index (χ2v) is 5.22. The number of hydrogen-bond acceptors (Lipinski definition) is 2. The fourth-order valence-electron chi connectivity index (χ4n) is 2.78. The van der Waals surface area contributed by atoms with Crippen LogP contribution in [0.1, 0.15) is 32.6 Å². The molecule has 2 aliphatic carbocycles. The first-order valence-electron chi connectivity index (χ1n) is 5.74. The first kappa shape index (κ1) is 8.72. The molecule has 0 spiro atoms. The second-order valence-electron chi connectivity index (χ2n) is 5.22. The van der Waals surface area contributed by atoms with E-state index in [-0.39, 0.29) is 6.17 Å². The third-order valence-corrected chi connectivity index (χ3v) is 4.16. The maximum absolute atomic E-state index is 11.6. The largest absolute Gasteiger partial charge is 0.326 e. The molecule has 0 aromatic heterocycles. The van der Waals surface area contributed by atoms with Gasteiger partial charge in [0.05, 0.1) is 12.7 Å². The lowest BCUT2D eigenvalue weighted by Crippen LogP contribution is -2.39. The van der Waals surface area contributed by atoms with Crippen molar-refractivity contribution in [3.05, 3.63) is 0 Å². The van der Waals surface area contributed by atoms with Crippen LogP contribution in [0.4, 0.5) is 0 Å². The molecule has 78 valence electrons. The van der Waals surface area contributed by atoms with Gasteiger partial charge in [-0.25, -0.2) is 0 Å². The van der Waals surface area contributed by atoms with Crippen molar-refractivity contribution in [1.82, 2.24) is 10.2 Å². The van der Waals surface area contributed by atoms with Crippen molar-refractivity contribution in [2.45, 2.75) is 38.8 Å². The van der Waals surface area contributed by atoms with Crippen molar-refractivity contribution in [2.75, 3.05) is 13.1 Å². The third kappa shape index (κ3) is 1.26. The first-order chi connectivity index (χ1) is 6.71. The summed E-state index contributed by atoms with van der Waals surface area (Å²) >= 11 is 0. The number of hydrogen-bond donors (Lipinski definition) is 1. The van der Waals surface area contributed by atoms with Crippen molar-refractivity contribution in [3.63, 3.8) is 0 Å². The van der Waals surface area contributed by atoms with Crippen LogP contribution in [-0.2, 0) is 4.79 Å².